The molecule has 9 rings (SSSR count). The lowest BCUT2D eigenvalue weighted by atomic mass is 10.1. The number of nitrogens with zero attached hydrogens (tertiary/aromatic N) is 4. The van der Waals surface area contributed by atoms with E-state index in [2.05, 4.69) is 92.8 Å². The highest BCUT2D eigenvalue weighted by atomic mass is 32.1. The first-order valence-electron chi connectivity index (χ1n) is 14.0. The van der Waals surface area contributed by atoms with Gasteiger partial charge in [-0.05, 0) is 60.7 Å². The summed E-state index contributed by atoms with van der Waals surface area (Å²) in [6, 6.07) is 44.2. The molecular formula is C38H20N4S. The fourth-order valence-corrected chi connectivity index (χ4v) is 8.13. The molecule has 198 valence electrons. The number of para-hydroxylation sites is 2. The average Bonchev–Trinajstić information content (AvgIpc) is 3.72. The fraction of sp³-hybridized carbons (Fsp3) is 0. The second kappa shape index (κ2) is 8.81. The molecule has 3 heterocycles. The summed E-state index contributed by atoms with van der Waals surface area (Å²) in [5.74, 6) is 0. The van der Waals surface area contributed by atoms with Crippen LogP contribution in [0.2, 0.25) is 0 Å². The molecule has 0 aliphatic carbocycles. The van der Waals surface area contributed by atoms with Crippen molar-refractivity contribution >= 4 is 80.8 Å². The third kappa shape index (κ3) is 3.23. The molecule has 4 nitrogen and oxygen atoms in total. The second-order valence-corrected chi connectivity index (χ2v) is 11.8. The highest BCUT2D eigenvalue weighted by Crippen LogP contribution is 2.47. The summed E-state index contributed by atoms with van der Waals surface area (Å²) < 4.78 is 7.18. The van der Waals surface area contributed by atoms with Crippen molar-refractivity contribution in [2.75, 3.05) is 0 Å². The molecule has 9 aromatic rings. The van der Waals surface area contributed by atoms with Crippen molar-refractivity contribution in [3.63, 3.8) is 0 Å². The Bertz CT molecular complexity index is 2490. The monoisotopic (exact) mass is 564 g/mol. The van der Waals surface area contributed by atoms with Gasteiger partial charge in [-0.3, -0.25) is 0 Å². The van der Waals surface area contributed by atoms with Gasteiger partial charge in [-0.1, -0.05) is 60.7 Å². The first-order valence-corrected chi connectivity index (χ1v) is 14.9. The van der Waals surface area contributed by atoms with Gasteiger partial charge in [-0.2, -0.15) is 5.26 Å². The maximum atomic E-state index is 9.35. The summed E-state index contributed by atoms with van der Waals surface area (Å²) in [7, 11) is 0. The molecule has 0 aliphatic heterocycles. The molecule has 0 unspecified atom stereocenters. The molecule has 0 amide bonds. The van der Waals surface area contributed by atoms with Crippen LogP contribution < -0.4 is 0 Å². The van der Waals surface area contributed by atoms with E-state index in [0.29, 0.717) is 11.3 Å². The van der Waals surface area contributed by atoms with Gasteiger partial charge in [0, 0.05) is 53.1 Å². The second-order valence-electron chi connectivity index (χ2n) is 10.8. The van der Waals surface area contributed by atoms with Crippen LogP contribution in [-0.2, 0) is 0 Å². The van der Waals surface area contributed by atoms with E-state index >= 15 is 0 Å². The number of hydrogen-bond acceptors (Lipinski definition) is 2. The van der Waals surface area contributed by atoms with Gasteiger partial charge in [-0.25, -0.2) is 4.85 Å². The Morgan fingerprint density at radius 1 is 0.535 bits per heavy atom. The van der Waals surface area contributed by atoms with Crippen molar-refractivity contribution in [3.8, 4) is 17.4 Å². The van der Waals surface area contributed by atoms with Crippen molar-refractivity contribution in [3.05, 3.63) is 138 Å². The number of fused-ring (bicyclic) bond motifs is 11. The van der Waals surface area contributed by atoms with Crippen molar-refractivity contribution < 1.29 is 0 Å². The summed E-state index contributed by atoms with van der Waals surface area (Å²) in [4.78, 5) is 3.59. The van der Waals surface area contributed by atoms with Crippen LogP contribution in [0.1, 0.15) is 5.56 Å². The van der Waals surface area contributed by atoms with Gasteiger partial charge >= 0.3 is 0 Å². The zero-order chi connectivity index (χ0) is 28.7. The molecule has 6 aromatic carbocycles. The Kier molecular flexibility index (Phi) is 4.87. The minimum absolute atomic E-state index is 0.639. The summed E-state index contributed by atoms with van der Waals surface area (Å²) in [5, 5.41) is 16.8. The van der Waals surface area contributed by atoms with Gasteiger partial charge in [0.05, 0.1) is 40.3 Å². The Hall–Kier alpha value is -5.88. The van der Waals surface area contributed by atoms with Crippen LogP contribution >= 0.6 is 11.3 Å². The largest absolute Gasteiger partial charge is 0.309 e. The highest BCUT2D eigenvalue weighted by Gasteiger charge is 2.21. The third-order valence-electron chi connectivity index (χ3n) is 8.57. The molecule has 0 fully saturated rings. The number of aromatic nitrogens is 2. The van der Waals surface area contributed by atoms with E-state index in [4.69, 9.17) is 6.57 Å². The van der Waals surface area contributed by atoms with Crippen LogP contribution in [0.5, 0.6) is 0 Å². The number of hydrogen-bond donors (Lipinski definition) is 0. The zero-order valence-electron chi connectivity index (χ0n) is 22.7. The van der Waals surface area contributed by atoms with E-state index in [9.17, 15) is 5.26 Å². The van der Waals surface area contributed by atoms with Crippen LogP contribution in [0.25, 0.3) is 80.0 Å². The first kappa shape index (κ1) is 23.8. The van der Waals surface area contributed by atoms with Crippen molar-refractivity contribution in [2.24, 2.45) is 0 Å². The molecule has 5 heteroatoms. The van der Waals surface area contributed by atoms with E-state index in [-0.39, 0.29) is 0 Å². The van der Waals surface area contributed by atoms with E-state index in [1.54, 1.807) is 0 Å². The van der Waals surface area contributed by atoms with Crippen molar-refractivity contribution in [2.45, 2.75) is 0 Å². The number of thiophene rings is 1. The maximum Gasteiger partial charge on any atom is 0.187 e. The fourth-order valence-electron chi connectivity index (χ4n) is 6.71. The van der Waals surface area contributed by atoms with Crippen LogP contribution in [0, 0.1) is 17.9 Å². The van der Waals surface area contributed by atoms with Gasteiger partial charge in [0.15, 0.2) is 5.69 Å². The number of benzene rings is 6. The molecule has 0 bridgehead atoms. The molecule has 0 saturated carbocycles. The van der Waals surface area contributed by atoms with E-state index in [0.717, 1.165) is 33.4 Å². The summed E-state index contributed by atoms with van der Waals surface area (Å²) >= 11 is 1.87. The molecule has 0 spiro atoms. The topological polar surface area (TPSA) is 38.0 Å². The first-order chi connectivity index (χ1) is 21.2. The SMILES string of the molecule is [C-]#[N+]c1ccc(-n2c3ccccc3c3c4sc5c(ccc6c5c5ccccc5n6-c5ccc(C#N)cc5)c4ccc32)cc1. The molecule has 43 heavy (non-hydrogen) atoms. The minimum atomic E-state index is 0.639. The van der Waals surface area contributed by atoms with Gasteiger partial charge in [0.1, 0.15) is 0 Å². The molecular weight excluding hydrogens is 545 g/mol. The summed E-state index contributed by atoms with van der Waals surface area (Å²) in [6.07, 6.45) is 0. The standard InChI is InChI=1S/C38H20N4S/c1-40-24-12-16-26(17-13-24)42-32-9-5-3-7-30(32)36-34(42)21-19-28-27-18-20-33-35(37(27)43-38(28)36)29-6-2-4-8-31(29)41(33)25-14-10-23(22-39)11-15-25/h2-21H. The van der Waals surface area contributed by atoms with E-state index in [1.165, 1.54) is 41.7 Å². The van der Waals surface area contributed by atoms with Gasteiger partial charge in [0.25, 0.3) is 0 Å². The quantitative estimate of drug-likeness (QED) is 0.192. The van der Waals surface area contributed by atoms with Crippen LogP contribution in [0.3, 0.4) is 0 Å². The van der Waals surface area contributed by atoms with Crippen LogP contribution in [0.4, 0.5) is 5.69 Å². The normalized spacial score (nSPS) is 11.7. The Labute approximate surface area is 250 Å². The smallest absolute Gasteiger partial charge is 0.187 e. The summed E-state index contributed by atoms with van der Waals surface area (Å²) in [5.41, 5.74) is 8.00. The predicted molar refractivity (Wildman–Crippen MR) is 179 cm³/mol. The molecule has 3 aromatic heterocycles. The molecule has 0 N–H and O–H groups in total. The average molecular weight is 565 g/mol. The maximum absolute atomic E-state index is 9.35. The molecule has 0 aliphatic rings. The lowest BCUT2D eigenvalue weighted by molar-refractivity contribution is 1.18. The molecule has 0 atom stereocenters. The van der Waals surface area contributed by atoms with Gasteiger partial charge < -0.3 is 9.13 Å². The van der Waals surface area contributed by atoms with E-state index < -0.39 is 0 Å². The lowest BCUT2D eigenvalue weighted by Gasteiger charge is -2.08. The Morgan fingerprint density at radius 2 is 1.02 bits per heavy atom. The van der Waals surface area contributed by atoms with Crippen molar-refractivity contribution in [1.82, 2.24) is 9.13 Å². The van der Waals surface area contributed by atoms with Crippen LogP contribution in [-0.4, -0.2) is 9.13 Å². The van der Waals surface area contributed by atoms with Crippen molar-refractivity contribution in [1.29, 1.82) is 5.26 Å². The minimum Gasteiger partial charge on any atom is -0.309 e. The lowest BCUT2D eigenvalue weighted by Crippen LogP contribution is -1.93. The third-order valence-corrected chi connectivity index (χ3v) is 9.82. The Morgan fingerprint density at radius 3 is 1.51 bits per heavy atom. The Balaban J connectivity index is 1.40. The summed E-state index contributed by atoms with van der Waals surface area (Å²) in [6.45, 7) is 7.38. The predicted octanol–water partition coefficient (Wildman–Crippen LogP) is 10.7. The van der Waals surface area contributed by atoms with Gasteiger partial charge in [-0.15, -0.1) is 11.3 Å². The van der Waals surface area contributed by atoms with Crippen LogP contribution in [0.15, 0.2) is 121 Å². The zero-order valence-corrected chi connectivity index (χ0v) is 23.6. The number of rotatable bonds is 2. The number of nitriles is 1. The molecule has 0 saturated heterocycles. The van der Waals surface area contributed by atoms with E-state index in [1.807, 2.05) is 59.9 Å². The van der Waals surface area contributed by atoms with Gasteiger partial charge in [0.2, 0.25) is 0 Å². The highest BCUT2D eigenvalue weighted by molar-refractivity contribution is 7.27. The molecule has 0 radical (unpaired) electrons.